The molecule has 0 fully saturated rings. The van der Waals surface area contributed by atoms with Crippen LogP contribution in [0.15, 0.2) is 36.4 Å². The monoisotopic (exact) mass is 341 g/mol. The highest BCUT2D eigenvalue weighted by molar-refractivity contribution is 5.94. The van der Waals surface area contributed by atoms with Crippen molar-refractivity contribution >= 4 is 5.91 Å². The molecule has 0 radical (unpaired) electrons. The molecule has 2 aromatic carbocycles. The van der Waals surface area contributed by atoms with Gasteiger partial charge in [-0.15, -0.1) is 0 Å². The fourth-order valence-electron chi connectivity index (χ4n) is 2.90. The predicted molar refractivity (Wildman–Crippen MR) is 100 cm³/mol. The van der Waals surface area contributed by atoms with Gasteiger partial charge >= 0.3 is 0 Å². The van der Waals surface area contributed by atoms with Crippen molar-refractivity contribution in [2.24, 2.45) is 0 Å². The van der Waals surface area contributed by atoms with Crippen molar-refractivity contribution in [1.29, 1.82) is 0 Å². The van der Waals surface area contributed by atoms with E-state index >= 15 is 0 Å². The summed E-state index contributed by atoms with van der Waals surface area (Å²) in [4.78, 5) is 14.4. The van der Waals surface area contributed by atoms with E-state index in [0.29, 0.717) is 25.3 Å². The zero-order valence-electron chi connectivity index (χ0n) is 15.8. The van der Waals surface area contributed by atoms with Crippen molar-refractivity contribution in [3.05, 3.63) is 58.7 Å². The number of carbonyl (C=O) groups excluding carboxylic acids is 1. The van der Waals surface area contributed by atoms with E-state index in [1.54, 1.807) is 18.1 Å². The van der Waals surface area contributed by atoms with Gasteiger partial charge in [-0.1, -0.05) is 6.07 Å². The molecular weight excluding hydrogens is 314 g/mol. The molecule has 1 amide bonds. The Morgan fingerprint density at radius 1 is 1.00 bits per heavy atom. The Bertz CT molecular complexity index is 716. The first-order chi connectivity index (χ1) is 12.0. The minimum Gasteiger partial charge on any atom is -0.496 e. The Morgan fingerprint density at radius 2 is 1.64 bits per heavy atom. The van der Waals surface area contributed by atoms with Gasteiger partial charge in [0.15, 0.2) is 0 Å². The van der Waals surface area contributed by atoms with E-state index in [-0.39, 0.29) is 5.91 Å². The summed E-state index contributed by atoms with van der Waals surface area (Å²) in [5.41, 5.74) is 3.84. The van der Waals surface area contributed by atoms with Crippen LogP contribution in [0.5, 0.6) is 11.5 Å². The van der Waals surface area contributed by atoms with E-state index in [1.165, 1.54) is 0 Å². The van der Waals surface area contributed by atoms with E-state index in [2.05, 4.69) is 6.07 Å². The lowest BCUT2D eigenvalue weighted by atomic mass is 10.1. The predicted octanol–water partition coefficient (Wildman–Crippen LogP) is 4.37. The van der Waals surface area contributed by atoms with Gasteiger partial charge in [-0.2, -0.15) is 0 Å². The summed E-state index contributed by atoms with van der Waals surface area (Å²) < 4.78 is 11.4. The number of hydrogen-bond donors (Lipinski definition) is 0. The summed E-state index contributed by atoms with van der Waals surface area (Å²) in [6.07, 6.45) is 0. The second-order valence-electron chi connectivity index (χ2n) is 6.12. The highest BCUT2D eigenvalue weighted by atomic mass is 16.5. The van der Waals surface area contributed by atoms with Crippen LogP contribution < -0.4 is 9.47 Å². The van der Waals surface area contributed by atoms with Crippen LogP contribution in [0, 0.1) is 13.8 Å². The molecule has 0 aliphatic heterocycles. The van der Waals surface area contributed by atoms with Crippen LogP contribution in [0.3, 0.4) is 0 Å². The van der Waals surface area contributed by atoms with Gasteiger partial charge < -0.3 is 14.4 Å². The largest absolute Gasteiger partial charge is 0.496 e. The van der Waals surface area contributed by atoms with Crippen molar-refractivity contribution < 1.29 is 14.3 Å². The number of rotatable bonds is 7. The number of ether oxygens (including phenoxy) is 2. The summed E-state index contributed by atoms with van der Waals surface area (Å²) in [6, 6.07) is 11.6. The molecule has 134 valence electrons. The number of nitrogens with zero attached hydrogens (tertiary/aromatic N) is 1. The van der Waals surface area contributed by atoms with Crippen LogP contribution in [0.4, 0.5) is 0 Å². The summed E-state index contributed by atoms with van der Waals surface area (Å²) in [5, 5.41) is 0. The molecule has 2 aromatic rings. The fraction of sp³-hybridized carbons (Fsp3) is 0.381. The van der Waals surface area contributed by atoms with E-state index in [0.717, 1.165) is 28.2 Å². The number of hydrogen-bond acceptors (Lipinski definition) is 3. The van der Waals surface area contributed by atoms with Crippen molar-refractivity contribution in [3.8, 4) is 11.5 Å². The molecule has 0 saturated carbocycles. The molecule has 0 heterocycles. The highest BCUT2D eigenvalue weighted by Gasteiger charge is 2.15. The molecule has 0 aromatic heterocycles. The Labute approximate surface area is 150 Å². The van der Waals surface area contributed by atoms with Crippen LogP contribution in [0.2, 0.25) is 0 Å². The minimum absolute atomic E-state index is 0.0281. The van der Waals surface area contributed by atoms with Crippen molar-refractivity contribution in [2.45, 2.75) is 34.3 Å². The average molecular weight is 341 g/mol. The van der Waals surface area contributed by atoms with Crippen LogP contribution in [0.1, 0.15) is 40.9 Å². The molecule has 4 nitrogen and oxygen atoms in total. The number of carbonyl (C=O) groups is 1. The van der Waals surface area contributed by atoms with Gasteiger partial charge in [0, 0.05) is 24.2 Å². The Balaban J connectivity index is 2.23. The van der Waals surface area contributed by atoms with Gasteiger partial charge in [0.05, 0.1) is 7.11 Å². The maximum absolute atomic E-state index is 12.6. The molecule has 0 unspecified atom stereocenters. The van der Waals surface area contributed by atoms with Crippen molar-refractivity contribution in [3.63, 3.8) is 0 Å². The summed E-state index contributed by atoms with van der Waals surface area (Å²) in [7, 11) is 1.63. The maximum Gasteiger partial charge on any atom is 0.253 e. The third kappa shape index (κ3) is 4.75. The second-order valence-corrected chi connectivity index (χ2v) is 6.12. The fourth-order valence-corrected chi connectivity index (χ4v) is 2.90. The lowest BCUT2D eigenvalue weighted by molar-refractivity contribution is 0.0772. The number of amides is 1. The summed E-state index contributed by atoms with van der Waals surface area (Å²) >= 11 is 0. The van der Waals surface area contributed by atoms with Crippen LogP contribution >= 0.6 is 0 Å². The van der Waals surface area contributed by atoms with Crippen LogP contribution in [-0.4, -0.2) is 31.0 Å². The smallest absolute Gasteiger partial charge is 0.253 e. The summed E-state index contributed by atoms with van der Waals surface area (Å²) in [5.74, 6) is 1.57. The highest BCUT2D eigenvalue weighted by Crippen LogP contribution is 2.24. The third-order valence-electron chi connectivity index (χ3n) is 4.17. The molecule has 0 atom stereocenters. The molecule has 0 aliphatic rings. The third-order valence-corrected chi connectivity index (χ3v) is 4.17. The van der Waals surface area contributed by atoms with Gasteiger partial charge in [0.25, 0.3) is 5.91 Å². The Morgan fingerprint density at radius 3 is 2.20 bits per heavy atom. The van der Waals surface area contributed by atoms with Crippen molar-refractivity contribution in [2.75, 3.05) is 20.2 Å². The molecule has 0 aliphatic carbocycles. The lowest BCUT2D eigenvalue weighted by Crippen LogP contribution is -2.30. The molecule has 2 rings (SSSR count). The average Bonchev–Trinajstić information content (AvgIpc) is 2.59. The van der Waals surface area contributed by atoms with Gasteiger partial charge in [-0.25, -0.2) is 0 Å². The molecule has 0 spiro atoms. The molecule has 0 saturated heterocycles. The van der Waals surface area contributed by atoms with E-state index < -0.39 is 0 Å². The molecule has 0 bridgehead atoms. The molecular formula is C21H27NO3. The van der Waals surface area contributed by atoms with Gasteiger partial charge in [-0.3, -0.25) is 4.79 Å². The van der Waals surface area contributed by atoms with Crippen molar-refractivity contribution in [1.82, 2.24) is 4.90 Å². The normalized spacial score (nSPS) is 10.4. The zero-order valence-corrected chi connectivity index (χ0v) is 15.8. The Hall–Kier alpha value is -2.49. The number of benzene rings is 2. The molecule has 0 N–H and O–H groups in total. The zero-order chi connectivity index (χ0) is 18.4. The summed E-state index contributed by atoms with van der Waals surface area (Å²) in [6.45, 7) is 9.79. The second kappa shape index (κ2) is 8.56. The standard InChI is InChI=1S/C21H27NO3/c1-6-22(7-2)21(23)17-8-9-20(24-5)18(13-17)14-25-19-11-15(3)10-16(4)12-19/h8-13H,6-7,14H2,1-5H3. The Kier molecular flexibility index (Phi) is 6.45. The number of methoxy groups -OCH3 is 1. The lowest BCUT2D eigenvalue weighted by Gasteiger charge is -2.19. The van der Waals surface area contributed by atoms with E-state index in [1.807, 2.05) is 52.0 Å². The first-order valence-electron chi connectivity index (χ1n) is 8.65. The maximum atomic E-state index is 12.6. The minimum atomic E-state index is 0.0281. The first kappa shape index (κ1) is 18.8. The van der Waals surface area contributed by atoms with Crippen LogP contribution in [0.25, 0.3) is 0 Å². The van der Waals surface area contributed by atoms with Crippen LogP contribution in [-0.2, 0) is 6.61 Å². The number of aryl methyl sites for hydroxylation is 2. The van der Waals surface area contributed by atoms with Gasteiger partial charge in [-0.05, 0) is 69.2 Å². The molecule has 4 heteroatoms. The quantitative estimate of drug-likeness (QED) is 0.750. The van der Waals surface area contributed by atoms with Gasteiger partial charge in [0.2, 0.25) is 0 Å². The van der Waals surface area contributed by atoms with E-state index in [4.69, 9.17) is 9.47 Å². The topological polar surface area (TPSA) is 38.8 Å². The first-order valence-corrected chi connectivity index (χ1v) is 8.65. The van der Waals surface area contributed by atoms with Gasteiger partial charge in [0.1, 0.15) is 18.1 Å². The van der Waals surface area contributed by atoms with E-state index in [9.17, 15) is 4.79 Å². The molecule has 25 heavy (non-hydrogen) atoms. The SMILES string of the molecule is CCN(CC)C(=O)c1ccc(OC)c(COc2cc(C)cc(C)c2)c1.